The van der Waals surface area contributed by atoms with Gasteiger partial charge in [0.05, 0.1) is 23.5 Å². The number of benzene rings is 2. The highest BCUT2D eigenvalue weighted by molar-refractivity contribution is 5.84. The van der Waals surface area contributed by atoms with E-state index in [0.29, 0.717) is 12.4 Å². The van der Waals surface area contributed by atoms with Crippen LogP contribution in [0.4, 0.5) is 11.5 Å². The van der Waals surface area contributed by atoms with Crippen LogP contribution in [0.5, 0.6) is 5.75 Å². The number of imidazole rings is 1. The molecule has 8 nitrogen and oxygen atoms in total. The lowest BCUT2D eigenvalue weighted by atomic mass is 10.1. The molecular weight excluding hydrogens is 404 g/mol. The van der Waals surface area contributed by atoms with Crippen molar-refractivity contribution >= 4 is 28.1 Å². The first-order chi connectivity index (χ1) is 15.8. The van der Waals surface area contributed by atoms with E-state index < -0.39 is 0 Å². The van der Waals surface area contributed by atoms with Crippen LogP contribution in [0.2, 0.25) is 0 Å². The molecule has 4 heterocycles. The Hall–Kier alpha value is -3.91. The zero-order valence-corrected chi connectivity index (χ0v) is 17.4. The van der Waals surface area contributed by atoms with Gasteiger partial charge in [-0.3, -0.25) is 5.10 Å². The third-order valence-electron chi connectivity index (χ3n) is 5.69. The number of nitrogens with one attached hydrogen (secondary N) is 2. The summed E-state index contributed by atoms with van der Waals surface area (Å²) in [5.41, 5.74) is 4.48. The molecule has 2 aromatic carbocycles. The molecule has 1 aliphatic rings. The van der Waals surface area contributed by atoms with Crippen molar-refractivity contribution in [1.82, 2.24) is 24.6 Å². The van der Waals surface area contributed by atoms with Crippen LogP contribution in [-0.4, -0.2) is 43.9 Å². The molecule has 2 N–H and O–H groups in total. The molecule has 1 atom stereocenters. The Balaban J connectivity index is 1.26. The summed E-state index contributed by atoms with van der Waals surface area (Å²) >= 11 is 0. The van der Waals surface area contributed by atoms with Gasteiger partial charge in [0.1, 0.15) is 12.4 Å². The normalized spacial score (nSPS) is 16.1. The highest BCUT2D eigenvalue weighted by atomic mass is 16.5. The minimum Gasteiger partial charge on any atom is -0.491 e. The van der Waals surface area contributed by atoms with Gasteiger partial charge in [-0.1, -0.05) is 12.1 Å². The van der Waals surface area contributed by atoms with Gasteiger partial charge in [0.25, 0.3) is 0 Å². The van der Waals surface area contributed by atoms with Crippen LogP contribution in [-0.2, 0) is 4.74 Å². The monoisotopic (exact) mass is 426 g/mol. The number of rotatable bonds is 6. The number of ether oxygens (including phenoxy) is 2. The maximum absolute atomic E-state index is 5.87. The largest absolute Gasteiger partial charge is 0.491 e. The lowest BCUT2D eigenvalue weighted by Crippen LogP contribution is -2.16. The third kappa shape index (κ3) is 3.65. The molecule has 8 heteroatoms. The van der Waals surface area contributed by atoms with Gasteiger partial charge in [0.15, 0.2) is 11.5 Å². The number of aromatic amines is 1. The van der Waals surface area contributed by atoms with Gasteiger partial charge in [-0.25, -0.2) is 9.97 Å². The topological polar surface area (TPSA) is 89.4 Å². The summed E-state index contributed by atoms with van der Waals surface area (Å²) in [5, 5.41) is 11.6. The number of hydrogen-bond donors (Lipinski definition) is 2. The quantitative estimate of drug-likeness (QED) is 0.413. The minimum absolute atomic E-state index is 0.203. The summed E-state index contributed by atoms with van der Waals surface area (Å²) in [7, 11) is 0. The summed E-state index contributed by atoms with van der Waals surface area (Å²) in [4.78, 5) is 9.33. The first-order valence-corrected chi connectivity index (χ1v) is 10.7. The molecule has 5 aromatic rings. The molecule has 1 aliphatic heterocycles. The molecule has 0 radical (unpaired) electrons. The second-order valence-electron chi connectivity index (χ2n) is 7.90. The Kier molecular flexibility index (Phi) is 4.69. The lowest BCUT2D eigenvalue weighted by Gasteiger charge is -2.13. The summed E-state index contributed by atoms with van der Waals surface area (Å²) in [5.74, 6) is 1.51. The van der Waals surface area contributed by atoms with Crippen molar-refractivity contribution in [1.29, 1.82) is 0 Å². The molecule has 0 amide bonds. The van der Waals surface area contributed by atoms with E-state index in [2.05, 4.69) is 26.6 Å². The van der Waals surface area contributed by atoms with E-state index in [1.807, 2.05) is 59.4 Å². The highest BCUT2D eigenvalue weighted by Crippen LogP contribution is 2.27. The third-order valence-corrected chi connectivity index (χ3v) is 5.69. The second kappa shape index (κ2) is 7.97. The molecule has 6 rings (SSSR count). The van der Waals surface area contributed by atoms with Crippen molar-refractivity contribution in [2.45, 2.75) is 18.9 Å². The van der Waals surface area contributed by atoms with Crippen molar-refractivity contribution in [2.24, 2.45) is 0 Å². The van der Waals surface area contributed by atoms with Gasteiger partial charge < -0.3 is 19.2 Å². The number of aromatic nitrogens is 5. The van der Waals surface area contributed by atoms with Gasteiger partial charge in [0, 0.05) is 41.8 Å². The molecule has 0 saturated carbocycles. The fraction of sp³-hybridized carbons (Fsp3) is 0.208. The molecule has 3 aromatic heterocycles. The van der Waals surface area contributed by atoms with Crippen LogP contribution in [0.3, 0.4) is 0 Å². The van der Waals surface area contributed by atoms with Crippen molar-refractivity contribution in [3.8, 4) is 17.0 Å². The van der Waals surface area contributed by atoms with E-state index in [0.717, 1.165) is 58.7 Å². The summed E-state index contributed by atoms with van der Waals surface area (Å²) in [6.45, 7) is 1.42. The Morgan fingerprint density at radius 2 is 2.12 bits per heavy atom. The molecule has 0 bridgehead atoms. The van der Waals surface area contributed by atoms with Gasteiger partial charge in [-0.2, -0.15) is 5.10 Å². The van der Waals surface area contributed by atoms with Crippen molar-refractivity contribution in [2.75, 3.05) is 18.5 Å². The van der Waals surface area contributed by atoms with E-state index in [1.54, 1.807) is 6.20 Å². The number of H-pyrrole nitrogens is 1. The van der Waals surface area contributed by atoms with Crippen LogP contribution >= 0.6 is 0 Å². The molecule has 0 unspecified atom stereocenters. The maximum Gasteiger partial charge on any atom is 0.180 e. The second-order valence-corrected chi connectivity index (χ2v) is 7.90. The molecular formula is C24H22N6O2. The summed E-state index contributed by atoms with van der Waals surface area (Å²) in [6.07, 6.45) is 9.86. The molecule has 0 aliphatic carbocycles. The van der Waals surface area contributed by atoms with Crippen molar-refractivity contribution in [3.05, 3.63) is 67.3 Å². The van der Waals surface area contributed by atoms with Crippen molar-refractivity contribution in [3.63, 3.8) is 0 Å². The highest BCUT2D eigenvalue weighted by Gasteiger charge is 2.16. The average molecular weight is 426 g/mol. The van der Waals surface area contributed by atoms with E-state index in [9.17, 15) is 0 Å². The predicted octanol–water partition coefficient (Wildman–Crippen LogP) is 4.57. The van der Waals surface area contributed by atoms with E-state index in [-0.39, 0.29) is 6.10 Å². The smallest absolute Gasteiger partial charge is 0.180 e. The first kappa shape index (κ1) is 18.8. The Morgan fingerprint density at radius 1 is 1.19 bits per heavy atom. The van der Waals surface area contributed by atoms with E-state index >= 15 is 0 Å². The first-order valence-electron chi connectivity index (χ1n) is 10.7. The summed E-state index contributed by atoms with van der Waals surface area (Å²) in [6, 6.07) is 14.0. The molecule has 0 spiro atoms. The molecule has 32 heavy (non-hydrogen) atoms. The van der Waals surface area contributed by atoms with E-state index in [1.165, 1.54) is 0 Å². The number of hydrogen-bond acceptors (Lipinski definition) is 6. The van der Waals surface area contributed by atoms with Crippen LogP contribution in [0.25, 0.3) is 27.8 Å². The van der Waals surface area contributed by atoms with Gasteiger partial charge in [-0.15, -0.1) is 0 Å². The van der Waals surface area contributed by atoms with Crippen LogP contribution in [0.15, 0.2) is 67.3 Å². The Bertz CT molecular complexity index is 1370. The number of fused-ring (bicyclic) bond motifs is 2. The van der Waals surface area contributed by atoms with Gasteiger partial charge in [-0.05, 0) is 43.2 Å². The number of anilines is 2. The number of nitrogens with zero attached hydrogens (tertiary/aromatic N) is 4. The standard InChI is InChI=1S/C24H22N6O2/c1-2-20(31-11-1)15-32-19-7-5-18(6-8-19)27-23-24-25-9-10-30(24)14-22(28-23)16-3-4-17-13-26-29-21(17)12-16/h3-10,12-14,20H,1-2,11,15H2,(H,26,29)(H,27,28)/t20-/m1/s1. The molecule has 1 fully saturated rings. The Morgan fingerprint density at radius 3 is 3.00 bits per heavy atom. The zero-order valence-electron chi connectivity index (χ0n) is 17.4. The van der Waals surface area contributed by atoms with Gasteiger partial charge >= 0.3 is 0 Å². The predicted molar refractivity (Wildman–Crippen MR) is 122 cm³/mol. The lowest BCUT2D eigenvalue weighted by molar-refractivity contribution is 0.0679. The Labute approximate surface area is 184 Å². The van der Waals surface area contributed by atoms with E-state index in [4.69, 9.17) is 14.5 Å². The molecule has 160 valence electrons. The van der Waals surface area contributed by atoms with Crippen LogP contribution < -0.4 is 10.1 Å². The van der Waals surface area contributed by atoms with Crippen molar-refractivity contribution < 1.29 is 9.47 Å². The maximum atomic E-state index is 5.87. The van der Waals surface area contributed by atoms with Gasteiger partial charge in [0.2, 0.25) is 0 Å². The summed E-state index contributed by atoms with van der Waals surface area (Å²) < 4.78 is 13.5. The van der Waals surface area contributed by atoms with Crippen LogP contribution in [0.1, 0.15) is 12.8 Å². The fourth-order valence-electron chi connectivity index (χ4n) is 3.99. The zero-order chi connectivity index (χ0) is 21.3. The fourth-order valence-corrected chi connectivity index (χ4v) is 3.99. The SMILES string of the molecule is c1cn2cc(-c3ccc4cn[nH]c4c3)nc(Nc3ccc(OC[C@H]4CCCO4)cc3)c2n1. The minimum atomic E-state index is 0.203. The molecule has 1 saturated heterocycles. The van der Waals surface area contributed by atoms with Crippen LogP contribution in [0, 0.1) is 0 Å². The average Bonchev–Trinajstić information content (AvgIpc) is 3.59.